The van der Waals surface area contributed by atoms with Crippen LogP contribution in [0.2, 0.25) is 0 Å². The standard InChI is InChI=1S/C14H18N2O2.C2HF3O2/c1-15-6-10-7-16(9-14(17)18)8-12(10)11-4-2-3-5-13(11)15;3-2(4,5)1(6)7/h2-5,10,12H,6-9H2,1H3,(H,17,18);(H,6,7)/t10-,12-;/m1./s1. The van der Waals surface area contributed by atoms with Crippen LogP contribution in [0.4, 0.5) is 18.9 Å². The average Bonchev–Trinajstić information content (AvgIpc) is 2.89. The predicted octanol–water partition coefficient (Wildman–Crippen LogP) is 1.87. The van der Waals surface area contributed by atoms with E-state index in [2.05, 4.69) is 41.1 Å². The molecule has 1 aromatic carbocycles. The maximum absolute atomic E-state index is 10.8. The number of carbonyl (C=O) groups is 2. The molecule has 3 rings (SSSR count). The van der Waals surface area contributed by atoms with Crippen LogP contribution in [0.5, 0.6) is 0 Å². The van der Waals surface area contributed by atoms with E-state index in [1.165, 1.54) is 11.3 Å². The van der Waals surface area contributed by atoms with Gasteiger partial charge in [-0.2, -0.15) is 13.2 Å². The molecular weight excluding hydrogens is 341 g/mol. The third kappa shape index (κ3) is 4.62. The van der Waals surface area contributed by atoms with E-state index in [0.717, 1.165) is 19.6 Å². The monoisotopic (exact) mass is 360 g/mol. The number of anilines is 1. The minimum atomic E-state index is -5.08. The molecule has 2 aliphatic rings. The van der Waals surface area contributed by atoms with E-state index >= 15 is 0 Å². The van der Waals surface area contributed by atoms with Crippen molar-refractivity contribution in [3.05, 3.63) is 29.8 Å². The number of hydrogen-bond donors (Lipinski definition) is 2. The van der Waals surface area contributed by atoms with E-state index in [9.17, 15) is 18.0 Å². The summed E-state index contributed by atoms with van der Waals surface area (Å²) in [6.07, 6.45) is -5.08. The van der Waals surface area contributed by atoms with Gasteiger partial charge in [0.25, 0.3) is 0 Å². The van der Waals surface area contributed by atoms with E-state index in [-0.39, 0.29) is 6.54 Å². The molecule has 0 bridgehead atoms. The van der Waals surface area contributed by atoms with Gasteiger partial charge >= 0.3 is 18.1 Å². The van der Waals surface area contributed by atoms with E-state index < -0.39 is 18.1 Å². The smallest absolute Gasteiger partial charge is 0.480 e. The number of aliphatic carboxylic acids is 2. The molecule has 0 amide bonds. The van der Waals surface area contributed by atoms with E-state index in [1.54, 1.807) is 0 Å². The summed E-state index contributed by atoms with van der Waals surface area (Å²) in [5, 5.41) is 16.0. The van der Waals surface area contributed by atoms with Crippen molar-refractivity contribution in [3.63, 3.8) is 0 Å². The summed E-state index contributed by atoms with van der Waals surface area (Å²) in [4.78, 5) is 24.1. The highest BCUT2D eigenvalue weighted by Crippen LogP contribution is 2.41. The number of para-hydroxylation sites is 1. The molecule has 0 aromatic heterocycles. The molecule has 9 heteroatoms. The second kappa shape index (κ2) is 7.30. The van der Waals surface area contributed by atoms with Gasteiger partial charge in [-0.25, -0.2) is 4.79 Å². The summed E-state index contributed by atoms with van der Waals surface area (Å²) in [7, 11) is 2.12. The van der Waals surface area contributed by atoms with Crippen LogP contribution in [0, 0.1) is 5.92 Å². The van der Waals surface area contributed by atoms with Gasteiger partial charge in [0.2, 0.25) is 0 Å². The summed E-state index contributed by atoms with van der Waals surface area (Å²) in [6.45, 7) is 2.97. The number of likely N-dealkylation sites (tertiary alicyclic amines) is 1. The molecule has 6 nitrogen and oxygen atoms in total. The van der Waals surface area contributed by atoms with Gasteiger partial charge in [0.15, 0.2) is 0 Å². The van der Waals surface area contributed by atoms with Crippen molar-refractivity contribution in [2.45, 2.75) is 12.1 Å². The second-order valence-corrected chi connectivity index (χ2v) is 6.20. The van der Waals surface area contributed by atoms with Crippen LogP contribution < -0.4 is 4.90 Å². The Labute approximate surface area is 142 Å². The molecule has 0 saturated carbocycles. The lowest BCUT2D eigenvalue weighted by atomic mass is 9.84. The van der Waals surface area contributed by atoms with E-state index in [1.807, 2.05) is 0 Å². The first-order chi connectivity index (χ1) is 11.6. The van der Waals surface area contributed by atoms with Crippen molar-refractivity contribution in [2.75, 3.05) is 38.1 Å². The minimum absolute atomic E-state index is 0.166. The molecule has 0 radical (unpaired) electrons. The molecule has 0 unspecified atom stereocenters. The zero-order chi connectivity index (χ0) is 18.8. The van der Waals surface area contributed by atoms with Crippen molar-refractivity contribution in [1.29, 1.82) is 0 Å². The topological polar surface area (TPSA) is 81.1 Å². The quantitative estimate of drug-likeness (QED) is 0.838. The van der Waals surface area contributed by atoms with Gasteiger partial charge in [-0.15, -0.1) is 0 Å². The fourth-order valence-electron chi connectivity index (χ4n) is 3.42. The summed E-state index contributed by atoms with van der Waals surface area (Å²) in [5.74, 6) is -2.43. The van der Waals surface area contributed by atoms with Crippen molar-refractivity contribution >= 4 is 17.6 Å². The number of halogens is 3. The van der Waals surface area contributed by atoms with Gasteiger partial charge < -0.3 is 15.1 Å². The Bertz CT molecular complexity index is 651. The molecule has 1 fully saturated rings. The van der Waals surface area contributed by atoms with E-state index in [4.69, 9.17) is 15.0 Å². The zero-order valence-electron chi connectivity index (χ0n) is 13.5. The first kappa shape index (κ1) is 19.0. The molecule has 25 heavy (non-hydrogen) atoms. The van der Waals surface area contributed by atoms with Crippen molar-refractivity contribution < 1.29 is 33.0 Å². The van der Waals surface area contributed by atoms with Crippen molar-refractivity contribution in [2.24, 2.45) is 5.92 Å². The molecular formula is C16H19F3N2O4. The summed E-state index contributed by atoms with van der Waals surface area (Å²) < 4.78 is 31.7. The van der Waals surface area contributed by atoms with Crippen LogP contribution in [-0.2, 0) is 9.59 Å². The fraction of sp³-hybridized carbons (Fsp3) is 0.500. The third-order valence-corrected chi connectivity index (χ3v) is 4.37. The Balaban J connectivity index is 0.000000277. The van der Waals surface area contributed by atoms with Gasteiger partial charge in [-0.05, 0) is 17.5 Å². The molecule has 2 atom stereocenters. The number of hydrogen-bond acceptors (Lipinski definition) is 4. The molecule has 1 saturated heterocycles. The molecule has 2 heterocycles. The molecule has 2 aliphatic heterocycles. The lowest BCUT2D eigenvalue weighted by Gasteiger charge is -2.35. The summed E-state index contributed by atoms with van der Waals surface area (Å²) in [5.41, 5.74) is 2.68. The highest BCUT2D eigenvalue weighted by molar-refractivity contribution is 5.73. The first-order valence-corrected chi connectivity index (χ1v) is 7.64. The fourth-order valence-corrected chi connectivity index (χ4v) is 3.42. The molecule has 0 spiro atoms. The number of nitrogens with zero attached hydrogens (tertiary/aromatic N) is 2. The van der Waals surface area contributed by atoms with Crippen LogP contribution in [0.3, 0.4) is 0 Å². The normalized spacial score (nSPS) is 22.5. The Morgan fingerprint density at radius 1 is 1.16 bits per heavy atom. The lowest BCUT2D eigenvalue weighted by Crippen LogP contribution is -2.34. The Kier molecular flexibility index (Phi) is 5.56. The zero-order valence-corrected chi connectivity index (χ0v) is 13.5. The Morgan fingerprint density at radius 3 is 2.32 bits per heavy atom. The molecule has 2 N–H and O–H groups in total. The molecule has 0 aliphatic carbocycles. The van der Waals surface area contributed by atoms with Crippen LogP contribution in [0.25, 0.3) is 0 Å². The summed E-state index contributed by atoms with van der Waals surface area (Å²) in [6, 6.07) is 8.49. The number of fused-ring (bicyclic) bond motifs is 3. The number of rotatable bonds is 2. The van der Waals surface area contributed by atoms with Gasteiger partial charge in [-0.3, -0.25) is 9.69 Å². The molecule has 138 valence electrons. The van der Waals surface area contributed by atoms with Crippen molar-refractivity contribution in [1.82, 2.24) is 4.90 Å². The maximum Gasteiger partial charge on any atom is 0.490 e. The van der Waals surface area contributed by atoms with Crippen LogP contribution in [0.1, 0.15) is 11.5 Å². The van der Waals surface area contributed by atoms with Crippen LogP contribution in [-0.4, -0.2) is 66.5 Å². The third-order valence-electron chi connectivity index (χ3n) is 4.37. The number of carboxylic acids is 2. The maximum atomic E-state index is 10.8. The predicted molar refractivity (Wildman–Crippen MR) is 83.7 cm³/mol. The van der Waals surface area contributed by atoms with E-state index in [0.29, 0.717) is 11.8 Å². The number of alkyl halides is 3. The lowest BCUT2D eigenvalue weighted by molar-refractivity contribution is -0.192. The number of benzene rings is 1. The first-order valence-electron chi connectivity index (χ1n) is 7.64. The largest absolute Gasteiger partial charge is 0.490 e. The van der Waals surface area contributed by atoms with Gasteiger partial charge in [-0.1, -0.05) is 18.2 Å². The van der Waals surface area contributed by atoms with Crippen molar-refractivity contribution in [3.8, 4) is 0 Å². The molecule has 1 aromatic rings. The average molecular weight is 360 g/mol. The summed E-state index contributed by atoms with van der Waals surface area (Å²) >= 11 is 0. The number of carboxylic acid groups (broad SMARTS) is 2. The van der Waals surface area contributed by atoms with Crippen LogP contribution in [0.15, 0.2) is 24.3 Å². The minimum Gasteiger partial charge on any atom is -0.480 e. The SMILES string of the molecule is CN1C[C@@H]2CN(CC(=O)O)C[C@H]2c2ccccc21.O=C(O)C(F)(F)F. The van der Waals surface area contributed by atoms with Gasteiger partial charge in [0.1, 0.15) is 0 Å². The second-order valence-electron chi connectivity index (χ2n) is 6.20. The highest BCUT2D eigenvalue weighted by Gasteiger charge is 2.39. The van der Waals surface area contributed by atoms with Gasteiger partial charge in [0.05, 0.1) is 6.54 Å². The Morgan fingerprint density at radius 2 is 1.76 bits per heavy atom. The van der Waals surface area contributed by atoms with Gasteiger partial charge in [0, 0.05) is 38.3 Å². The van der Waals surface area contributed by atoms with Crippen LogP contribution >= 0.6 is 0 Å². The Hall–Kier alpha value is -2.29. The highest BCUT2D eigenvalue weighted by atomic mass is 19.4.